The molecule has 0 aliphatic carbocycles. The molecule has 0 aliphatic heterocycles. The third kappa shape index (κ3) is 3.61. The van der Waals surface area contributed by atoms with Crippen LogP contribution >= 0.6 is 0 Å². The van der Waals surface area contributed by atoms with Crippen LogP contribution in [0.25, 0.3) is 0 Å². The molecule has 1 aromatic heterocycles. The van der Waals surface area contributed by atoms with Crippen LogP contribution in [-0.4, -0.2) is 9.97 Å². The summed E-state index contributed by atoms with van der Waals surface area (Å²) in [6.45, 7) is 2.03. The Morgan fingerprint density at radius 1 is 0.955 bits per heavy atom. The first-order valence-corrected chi connectivity index (χ1v) is 7.58. The highest BCUT2D eigenvalue weighted by molar-refractivity contribution is 5.28. The maximum Gasteiger partial charge on any atom is 0.123 e. The molecule has 1 heterocycles. The summed E-state index contributed by atoms with van der Waals surface area (Å²) in [5.41, 5.74) is 4.30. The van der Waals surface area contributed by atoms with Crippen LogP contribution in [0, 0.1) is 5.82 Å². The molecular formula is C19H19FN2. The van der Waals surface area contributed by atoms with Crippen LogP contribution in [0.15, 0.2) is 54.7 Å². The van der Waals surface area contributed by atoms with Crippen LogP contribution in [-0.2, 0) is 19.3 Å². The molecule has 0 amide bonds. The first kappa shape index (κ1) is 14.5. The minimum Gasteiger partial charge on any atom is -0.345 e. The Morgan fingerprint density at radius 2 is 1.73 bits per heavy atom. The number of hydrogen-bond donors (Lipinski definition) is 1. The van der Waals surface area contributed by atoms with Crippen molar-refractivity contribution in [3.63, 3.8) is 0 Å². The SMILES string of the molecule is CCc1cc(F)cc(Cc2ncc(Cc3ccccc3)[nH]2)c1. The second kappa shape index (κ2) is 6.56. The molecule has 22 heavy (non-hydrogen) atoms. The molecule has 0 aliphatic rings. The van der Waals surface area contributed by atoms with Crippen molar-refractivity contribution in [3.05, 3.63) is 88.8 Å². The van der Waals surface area contributed by atoms with Gasteiger partial charge >= 0.3 is 0 Å². The van der Waals surface area contributed by atoms with Gasteiger partial charge in [0.1, 0.15) is 11.6 Å². The summed E-state index contributed by atoms with van der Waals surface area (Å²) in [4.78, 5) is 7.75. The molecule has 2 nitrogen and oxygen atoms in total. The van der Waals surface area contributed by atoms with E-state index in [4.69, 9.17) is 0 Å². The van der Waals surface area contributed by atoms with Crippen LogP contribution in [0.4, 0.5) is 4.39 Å². The monoisotopic (exact) mass is 294 g/mol. The van der Waals surface area contributed by atoms with Gasteiger partial charge in [-0.3, -0.25) is 0 Å². The van der Waals surface area contributed by atoms with E-state index >= 15 is 0 Å². The summed E-state index contributed by atoms with van der Waals surface area (Å²) < 4.78 is 13.6. The molecule has 0 fully saturated rings. The number of H-pyrrole nitrogens is 1. The number of hydrogen-bond acceptors (Lipinski definition) is 1. The minimum absolute atomic E-state index is 0.176. The average Bonchev–Trinajstić information content (AvgIpc) is 2.94. The van der Waals surface area contributed by atoms with Crippen molar-refractivity contribution in [2.45, 2.75) is 26.2 Å². The first-order valence-electron chi connectivity index (χ1n) is 7.58. The molecule has 0 atom stereocenters. The van der Waals surface area contributed by atoms with Crippen LogP contribution < -0.4 is 0 Å². The summed E-state index contributed by atoms with van der Waals surface area (Å²) in [6.07, 6.45) is 4.15. The topological polar surface area (TPSA) is 28.7 Å². The van der Waals surface area contributed by atoms with E-state index in [1.54, 1.807) is 12.1 Å². The van der Waals surface area contributed by atoms with Crippen LogP contribution in [0.1, 0.15) is 35.1 Å². The first-order chi connectivity index (χ1) is 10.7. The quantitative estimate of drug-likeness (QED) is 0.747. The highest BCUT2D eigenvalue weighted by Crippen LogP contribution is 2.14. The summed E-state index contributed by atoms with van der Waals surface area (Å²) in [5, 5.41) is 0. The van der Waals surface area contributed by atoms with Gasteiger partial charge in [0.15, 0.2) is 0 Å². The molecule has 0 saturated heterocycles. The molecule has 0 bridgehead atoms. The van der Waals surface area contributed by atoms with E-state index in [0.29, 0.717) is 6.42 Å². The number of nitrogens with zero attached hydrogens (tertiary/aromatic N) is 1. The van der Waals surface area contributed by atoms with Gasteiger partial charge in [0.2, 0.25) is 0 Å². The minimum atomic E-state index is -0.176. The van der Waals surface area contributed by atoms with E-state index in [2.05, 4.69) is 22.1 Å². The molecular weight excluding hydrogens is 275 g/mol. The number of imidazole rings is 1. The predicted molar refractivity (Wildman–Crippen MR) is 86.4 cm³/mol. The van der Waals surface area contributed by atoms with Crippen LogP contribution in [0.3, 0.4) is 0 Å². The molecule has 3 aromatic rings. The molecule has 3 rings (SSSR count). The van der Waals surface area contributed by atoms with Gasteiger partial charge in [0.05, 0.1) is 0 Å². The van der Waals surface area contributed by atoms with Crippen molar-refractivity contribution in [1.82, 2.24) is 9.97 Å². The number of benzene rings is 2. The van der Waals surface area contributed by atoms with Gasteiger partial charge in [0.25, 0.3) is 0 Å². The van der Waals surface area contributed by atoms with Crippen molar-refractivity contribution in [3.8, 4) is 0 Å². The van der Waals surface area contributed by atoms with E-state index in [1.807, 2.05) is 37.4 Å². The second-order valence-electron chi connectivity index (χ2n) is 5.52. The zero-order valence-corrected chi connectivity index (χ0v) is 12.6. The van der Waals surface area contributed by atoms with Crippen molar-refractivity contribution < 1.29 is 4.39 Å². The predicted octanol–water partition coefficient (Wildman–Crippen LogP) is 4.29. The highest BCUT2D eigenvalue weighted by atomic mass is 19.1. The van der Waals surface area contributed by atoms with E-state index in [0.717, 1.165) is 35.5 Å². The number of halogens is 1. The number of rotatable bonds is 5. The third-order valence-electron chi connectivity index (χ3n) is 3.72. The maximum atomic E-state index is 13.6. The molecule has 0 radical (unpaired) electrons. The summed E-state index contributed by atoms with van der Waals surface area (Å²) in [7, 11) is 0. The van der Waals surface area contributed by atoms with E-state index in [1.165, 1.54) is 5.56 Å². The lowest BCUT2D eigenvalue weighted by Gasteiger charge is -2.03. The van der Waals surface area contributed by atoms with Crippen molar-refractivity contribution in [1.29, 1.82) is 0 Å². The molecule has 3 heteroatoms. The molecule has 1 N–H and O–H groups in total. The molecule has 0 spiro atoms. The Kier molecular flexibility index (Phi) is 4.33. The normalized spacial score (nSPS) is 10.8. The molecule has 0 saturated carbocycles. The summed E-state index contributed by atoms with van der Waals surface area (Å²) in [6, 6.07) is 15.5. The van der Waals surface area contributed by atoms with E-state index in [9.17, 15) is 4.39 Å². The fourth-order valence-corrected chi connectivity index (χ4v) is 2.62. The lowest BCUT2D eigenvalue weighted by atomic mass is 10.1. The molecule has 0 unspecified atom stereocenters. The lowest BCUT2D eigenvalue weighted by molar-refractivity contribution is 0.623. The van der Waals surface area contributed by atoms with Crippen molar-refractivity contribution in [2.24, 2.45) is 0 Å². The van der Waals surface area contributed by atoms with Gasteiger partial charge in [-0.05, 0) is 35.2 Å². The largest absolute Gasteiger partial charge is 0.345 e. The fourth-order valence-electron chi connectivity index (χ4n) is 2.62. The van der Waals surface area contributed by atoms with Gasteiger partial charge in [0, 0.05) is 24.7 Å². The lowest BCUT2D eigenvalue weighted by Crippen LogP contribution is -1.95. The van der Waals surface area contributed by atoms with Gasteiger partial charge < -0.3 is 4.98 Å². The summed E-state index contributed by atoms with van der Waals surface area (Å²) in [5.74, 6) is 0.698. The Hall–Kier alpha value is -2.42. The second-order valence-corrected chi connectivity index (χ2v) is 5.52. The Labute approximate surface area is 130 Å². The standard InChI is InChI=1S/C19H19FN2/c1-2-14-8-16(10-17(20)9-14)12-19-21-13-18(22-19)11-15-6-4-3-5-7-15/h3-10,13H,2,11-12H2,1H3,(H,21,22). The van der Waals surface area contributed by atoms with E-state index < -0.39 is 0 Å². The smallest absolute Gasteiger partial charge is 0.123 e. The number of aryl methyl sites for hydroxylation is 1. The highest BCUT2D eigenvalue weighted by Gasteiger charge is 2.05. The van der Waals surface area contributed by atoms with Gasteiger partial charge in [-0.1, -0.05) is 43.3 Å². The Morgan fingerprint density at radius 3 is 2.50 bits per heavy atom. The molecule has 2 aromatic carbocycles. The van der Waals surface area contributed by atoms with E-state index in [-0.39, 0.29) is 5.82 Å². The van der Waals surface area contributed by atoms with Gasteiger partial charge in [-0.25, -0.2) is 9.37 Å². The number of aromatic amines is 1. The molecule has 112 valence electrons. The average molecular weight is 294 g/mol. The summed E-state index contributed by atoms with van der Waals surface area (Å²) >= 11 is 0. The number of aromatic nitrogens is 2. The van der Waals surface area contributed by atoms with Gasteiger partial charge in [-0.15, -0.1) is 0 Å². The zero-order chi connectivity index (χ0) is 15.4. The van der Waals surface area contributed by atoms with Gasteiger partial charge in [-0.2, -0.15) is 0 Å². The zero-order valence-electron chi connectivity index (χ0n) is 12.6. The van der Waals surface area contributed by atoms with Crippen LogP contribution in [0.2, 0.25) is 0 Å². The Bertz CT molecular complexity index is 747. The van der Waals surface area contributed by atoms with Crippen LogP contribution in [0.5, 0.6) is 0 Å². The fraction of sp³-hybridized carbons (Fsp3) is 0.211. The maximum absolute atomic E-state index is 13.6. The number of nitrogens with one attached hydrogen (secondary N) is 1. The third-order valence-corrected chi connectivity index (χ3v) is 3.72. The Balaban J connectivity index is 1.73. The van der Waals surface area contributed by atoms with Crippen molar-refractivity contribution in [2.75, 3.05) is 0 Å². The van der Waals surface area contributed by atoms with Crippen molar-refractivity contribution >= 4 is 0 Å².